The maximum atomic E-state index is 5.89. The van der Waals surface area contributed by atoms with Crippen LogP contribution in [0, 0.1) is 5.92 Å². The molecular weight excluding hydrogens is 268 g/mol. The second-order valence-corrected chi connectivity index (χ2v) is 6.39. The third-order valence-electron chi connectivity index (χ3n) is 4.52. The summed E-state index contributed by atoms with van der Waals surface area (Å²) in [4.78, 5) is 5.08. The van der Waals surface area contributed by atoms with E-state index in [1.54, 1.807) is 0 Å². The standard InChI is InChI=1S/C16H22N2OS/c17-15(20)13-10-12-6-1-2-7-14(12)18-16(13)19-9-8-11-4-3-5-11/h10-11H,1-9H2,(H2,17,20). The van der Waals surface area contributed by atoms with Crippen LogP contribution in [0.1, 0.15) is 55.3 Å². The van der Waals surface area contributed by atoms with Gasteiger partial charge in [-0.15, -0.1) is 0 Å². The van der Waals surface area contributed by atoms with E-state index in [4.69, 9.17) is 22.7 Å². The normalized spacial score (nSPS) is 18.2. The Kier molecular flexibility index (Phi) is 4.20. The molecule has 2 aliphatic rings. The highest BCUT2D eigenvalue weighted by atomic mass is 32.1. The van der Waals surface area contributed by atoms with Crippen LogP contribution in [0.2, 0.25) is 0 Å². The van der Waals surface area contributed by atoms with Crippen molar-refractivity contribution in [3.63, 3.8) is 0 Å². The molecule has 0 amide bonds. The average molecular weight is 290 g/mol. The summed E-state index contributed by atoms with van der Waals surface area (Å²) in [7, 11) is 0. The topological polar surface area (TPSA) is 48.1 Å². The number of rotatable bonds is 5. The SMILES string of the molecule is NC(=S)c1cc2c(nc1OCCC1CCC1)CCCC2. The molecule has 2 N–H and O–H groups in total. The first-order chi connectivity index (χ1) is 9.74. The van der Waals surface area contributed by atoms with Crippen LogP contribution in [-0.4, -0.2) is 16.6 Å². The summed E-state index contributed by atoms with van der Waals surface area (Å²) in [5.41, 5.74) is 9.11. The van der Waals surface area contributed by atoms with E-state index in [0.717, 1.165) is 37.4 Å². The van der Waals surface area contributed by atoms with Crippen LogP contribution in [-0.2, 0) is 12.8 Å². The van der Waals surface area contributed by atoms with Gasteiger partial charge in [0.25, 0.3) is 0 Å². The minimum absolute atomic E-state index is 0.393. The first kappa shape index (κ1) is 13.8. The molecule has 0 atom stereocenters. The number of hydrogen-bond acceptors (Lipinski definition) is 3. The number of nitrogens with two attached hydrogens (primary N) is 1. The summed E-state index contributed by atoms with van der Waals surface area (Å²) in [5.74, 6) is 1.50. The average Bonchev–Trinajstić information content (AvgIpc) is 2.40. The summed E-state index contributed by atoms with van der Waals surface area (Å²) in [6.45, 7) is 0.728. The number of fused-ring (bicyclic) bond motifs is 1. The smallest absolute Gasteiger partial charge is 0.224 e. The fraction of sp³-hybridized carbons (Fsp3) is 0.625. The van der Waals surface area contributed by atoms with E-state index in [-0.39, 0.29) is 0 Å². The first-order valence-corrected chi connectivity index (χ1v) is 8.10. The molecular formula is C16H22N2OS. The van der Waals surface area contributed by atoms with Gasteiger partial charge in [-0.3, -0.25) is 0 Å². The van der Waals surface area contributed by atoms with E-state index in [2.05, 4.69) is 11.1 Å². The highest BCUT2D eigenvalue weighted by Crippen LogP contribution is 2.30. The van der Waals surface area contributed by atoms with Crippen LogP contribution in [0.4, 0.5) is 0 Å². The third-order valence-corrected chi connectivity index (χ3v) is 4.74. The molecule has 1 heterocycles. The summed E-state index contributed by atoms with van der Waals surface area (Å²) in [5, 5.41) is 0. The van der Waals surface area contributed by atoms with E-state index in [0.29, 0.717) is 10.9 Å². The third kappa shape index (κ3) is 2.95. The van der Waals surface area contributed by atoms with Crippen LogP contribution < -0.4 is 10.5 Å². The van der Waals surface area contributed by atoms with Crippen molar-refractivity contribution in [2.24, 2.45) is 11.7 Å². The molecule has 4 heteroatoms. The molecule has 3 nitrogen and oxygen atoms in total. The van der Waals surface area contributed by atoms with Gasteiger partial charge in [0.2, 0.25) is 5.88 Å². The van der Waals surface area contributed by atoms with Crippen molar-refractivity contribution in [2.45, 2.75) is 51.4 Å². The Morgan fingerprint density at radius 3 is 2.80 bits per heavy atom. The van der Waals surface area contributed by atoms with Crippen molar-refractivity contribution in [1.82, 2.24) is 4.98 Å². The van der Waals surface area contributed by atoms with Crippen molar-refractivity contribution in [3.05, 3.63) is 22.9 Å². The number of hydrogen-bond donors (Lipinski definition) is 1. The van der Waals surface area contributed by atoms with Crippen LogP contribution in [0.3, 0.4) is 0 Å². The Morgan fingerprint density at radius 2 is 2.10 bits per heavy atom. The maximum absolute atomic E-state index is 5.89. The van der Waals surface area contributed by atoms with Crippen molar-refractivity contribution in [3.8, 4) is 5.88 Å². The summed E-state index contributed by atoms with van der Waals surface area (Å²) in [6.07, 6.45) is 9.77. The van der Waals surface area contributed by atoms with Crippen molar-refractivity contribution < 1.29 is 4.74 Å². The number of aryl methyl sites for hydroxylation is 2. The molecule has 1 aromatic heterocycles. The lowest BCUT2D eigenvalue weighted by Gasteiger charge is -2.25. The van der Waals surface area contributed by atoms with Crippen LogP contribution in [0.25, 0.3) is 0 Å². The minimum atomic E-state index is 0.393. The van der Waals surface area contributed by atoms with Crippen LogP contribution in [0.15, 0.2) is 6.07 Å². The number of nitrogens with zero attached hydrogens (tertiary/aromatic N) is 1. The van der Waals surface area contributed by atoms with Crippen molar-refractivity contribution in [2.75, 3.05) is 6.61 Å². The number of ether oxygens (including phenoxy) is 1. The van der Waals surface area contributed by atoms with Gasteiger partial charge in [0.05, 0.1) is 12.2 Å². The van der Waals surface area contributed by atoms with Gasteiger partial charge >= 0.3 is 0 Å². The van der Waals surface area contributed by atoms with E-state index < -0.39 is 0 Å². The van der Waals surface area contributed by atoms with Crippen molar-refractivity contribution >= 4 is 17.2 Å². The van der Waals surface area contributed by atoms with Gasteiger partial charge in [0, 0.05) is 5.69 Å². The molecule has 0 aliphatic heterocycles. The van der Waals surface area contributed by atoms with E-state index in [1.165, 1.54) is 43.4 Å². The maximum Gasteiger partial charge on any atom is 0.224 e. The van der Waals surface area contributed by atoms with Gasteiger partial charge in [-0.1, -0.05) is 31.5 Å². The lowest BCUT2D eigenvalue weighted by molar-refractivity contribution is 0.216. The highest BCUT2D eigenvalue weighted by molar-refractivity contribution is 7.80. The second-order valence-electron chi connectivity index (χ2n) is 5.95. The predicted molar refractivity (Wildman–Crippen MR) is 84.2 cm³/mol. The molecule has 108 valence electrons. The number of aromatic nitrogens is 1. The molecule has 0 aromatic carbocycles. The summed E-state index contributed by atoms with van der Waals surface area (Å²) < 4.78 is 5.89. The van der Waals surface area contributed by atoms with E-state index in [9.17, 15) is 0 Å². The Labute approximate surface area is 125 Å². The number of pyridine rings is 1. The Balaban J connectivity index is 1.74. The minimum Gasteiger partial charge on any atom is -0.477 e. The van der Waals surface area contributed by atoms with Gasteiger partial charge in [-0.25, -0.2) is 4.98 Å². The molecule has 1 aromatic rings. The molecule has 2 aliphatic carbocycles. The molecule has 1 fully saturated rings. The summed E-state index contributed by atoms with van der Waals surface area (Å²) >= 11 is 5.15. The predicted octanol–water partition coefficient (Wildman–Crippen LogP) is 3.16. The lowest BCUT2D eigenvalue weighted by atomic mass is 9.83. The molecule has 0 bridgehead atoms. The van der Waals surface area contributed by atoms with Gasteiger partial charge in [0.15, 0.2) is 0 Å². The second kappa shape index (κ2) is 6.08. The van der Waals surface area contributed by atoms with Gasteiger partial charge in [-0.05, 0) is 49.7 Å². The zero-order valence-electron chi connectivity index (χ0n) is 11.9. The molecule has 3 rings (SSSR count). The summed E-state index contributed by atoms with van der Waals surface area (Å²) in [6, 6.07) is 2.10. The van der Waals surface area contributed by atoms with E-state index >= 15 is 0 Å². The first-order valence-electron chi connectivity index (χ1n) is 7.69. The van der Waals surface area contributed by atoms with Crippen LogP contribution in [0.5, 0.6) is 5.88 Å². The molecule has 1 saturated carbocycles. The fourth-order valence-electron chi connectivity index (χ4n) is 3.00. The highest BCUT2D eigenvalue weighted by Gasteiger charge is 2.19. The largest absolute Gasteiger partial charge is 0.477 e. The van der Waals surface area contributed by atoms with Gasteiger partial charge < -0.3 is 10.5 Å². The Morgan fingerprint density at radius 1 is 1.30 bits per heavy atom. The zero-order chi connectivity index (χ0) is 13.9. The van der Waals surface area contributed by atoms with Gasteiger partial charge in [0.1, 0.15) is 4.99 Å². The molecule has 0 radical (unpaired) electrons. The quantitative estimate of drug-likeness (QED) is 0.846. The lowest BCUT2D eigenvalue weighted by Crippen LogP contribution is -2.19. The fourth-order valence-corrected chi connectivity index (χ4v) is 3.15. The molecule has 20 heavy (non-hydrogen) atoms. The molecule has 0 unspecified atom stereocenters. The van der Waals surface area contributed by atoms with E-state index in [1.807, 2.05) is 0 Å². The van der Waals surface area contributed by atoms with Gasteiger partial charge in [-0.2, -0.15) is 0 Å². The molecule has 0 spiro atoms. The Bertz CT molecular complexity index is 511. The monoisotopic (exact) mass is 290 g/mol. The molecule has 0 saturated heterocycles. The van der Waals surface area contributed by atoms with Crippen molar-refractivity contribution in [1.29, 1.82) is 0 Å². The zero-order valence-corrected chi connectivity index (χ0v) is 12.7. The Hall–Kier alpha value is -1.16. The van der Waals surface area contributed by atoms with Crippen LogP contribution >= 0.6 is 12.2 Å². The number of thiocarbonyl (C=S) groups is 1.